The monoisotopic (exact) mass is 363 g/mol. The van der Waals surface area contributed by atoms with Crippen molar-refractivity contribution in [2.24, 2.45) is 5.41 Å². The second kappa shape index (κ2) is 6.44. The molecule has 8 heteroatoms. The summed E-state index contributed by atoms with van der Waals surface area (Å²) in [4.78, 5) is 12.5. The number of aliphatic hydroxyl groups excluding tert-OH is 1. The maximum absolute atomic E-state index is 11.0. The van der Waals surface area contributed by atoms with Gasteiger partial charge < -0.3 is 20.3 Å². The minimum absolute atomic E-state index is 0.0301. The summed E-state index contributed by atoms with van der Waals surface area (Å²) in [6, 6.07) is 0. The summed E-state index contributed by atoms with van der Waals surface area (Å²) in [5, 5.41) is 11.0. The third-order valence-electron chi connectivity index (χ3n) is 4.27. The number of aromatic nitrogens is 4. The highest BCUT2D eigenvalue weighted by atomic mass is 16.6. The van der Waals surface area contributed by atoms with Gasteiger partial charge in [0.25, 0.3) is 0 Å². The van der Waals surface area contributed by atoms with Crippen LogP contribution in [0, 0.1) is 5.41 Å². The molecule has 4 atom stereocenters. The molecule has 144 valence electrons. The first-order chi connectivity index (χ1) is 12.0. The van der Waals surface area contributed by atoms with Crippen LogP contribution >= 0.6 is 0 Å². The van der Waals surface area contributed by atoms with Gasteiger partial charge >= 0.3 is 0 Å². The predicted octanol–water partition coefficient (Wildman–Crippen LogP) is 2.29. The van der Waals surface area contributed by atoms with Crippen molar-refractivity contribution in [3.8, 4) is 0 Å². The molecule has 1 aliphatic heterocycles. The number of aliphatic hydroxyl groups is 1. The molecule has 2 aromatic rings. The molecular formula is C18H29N5O3. The average Bonchev–Trinajstić information content (AvgIpc) is 3.02. The smallest absolute Gasteiger partial charge is 0.167 e. The van der Waals surface area contributed by atoms with Crippen molar-refractivity contribution in [1.29, 1.82) is 0 Å². The van der Waals surface area contributed by atoms with E-state index in [2.05, 4.69) is 35.7 Å². The van der Waals surface area contributed by atoms with E-state index in [1.807, 2.05) is 20.8 Å². The summed E-state index contributed by atoms with van der Waals surface area (Å²) in [7, 11) is 0. The number of nitrogen functional groups attached to an aromatic ring is 1. The number of ether oxygens (including phenoxy) is 2. The molecule has 0 aliphatic carbocycles. The van der Waals surface area contributed by atoms with Crippen LogP contribution < -0.4 is 5.73 Å². The van der Waals surface area contributed by atoms with Gasteiger partial charge in [0.1, 0.15) is 24.1 Å². The molecule has 0 saturated carbocycles. The van der Waals surface area contributed by atoms with Gasteiger partial charge in [-0.1, -0.05) is 20.8 Å². The minimum atomic E-state index is -0.852. The quantitative estimate of drug-likeness (QED) is 0.861. The van der Waals surface area contributed by atoms with Crippen LogP contribution in [0.3, 0.4) is 0 Å². The maximum atomic E-state index is 11.0. The van der Waals surface area contributed by atoms with Crippen LogP contribution in [0.25, 0.3) is 11.2 Å². The Morgan fingerprint density at radius 3 is 2.50 bits per heavy atom. The summed E-state index contributed by atoms with van der Waals surface area (Å²) in [6.45, 7) is 12.4. The molecular weight excluding hydrogens is 334 g/mol. The Kier molecular flexibility index (Phi) is 4.71. The molecule has 3 rings (SSSR count). The van der Waals surface area contributed by atoms with Gasteiger partial charge in [-0.2, -0.15) is 0 Å². The second-order valence-corrected chi connectivity index (χ2v) is 9.10. The number of nitrogens with two attached hydrogens (primary N) is 1. The van der Waals surface area contributed by atoms with Gasteiger partial charge in [-0.15, -0.1) is 0 Å². The normalized spacial score (nSPS) is 27.3. The van der Waals surface area contributed by atoms with Crippen LogP contribution in [-0.2, 0) is 9.47 Å². The van der Waals surface area contributed by atoms with Crippen LogP contribution in [0.4, 0.5) is 5.82 Å². The number of imidazole rings is 1. The SMILES string of the molecule is CC(C)(C)C[C@H]1O[C@@H](n2cnc3c(N)ncnc32)C(O)C1OC(C)(C)C. The summed E-state index contributed by atoms with van der Waals surface area (Å²) in [6.07, 6.45) is 1.53. The van der Waals surface area contributed by atoms with Crippen molar-refractivity contribution in [2.45, 2.75) is 78.1 Å². The maximum Gasteiger partial charge on any atom is 0.167 e. The number of nitrogens with zero attached hydrogens (tertiary/aromatic N) is 4. The van der Waals surface area contributed by atoms with E-state index >= 15 is 0 Å². The largest absolute Gasteiger partial charge is 0.386 e. The van der Waals surface area contributed by atoms with Crippen molar-refractivity contribution < 1.29 is 14.6 Å². The minimum Gasteiger partial charge on any atom is -0.386 e. The van der Waals surface area contributed by atoms with E-state index in [-0.39, 0.29) is 11.5 Å². The Morgan fingerprint density at radius 2 is 1.88 bits per heavy atom. The fraction of sp³-hybridized carbons (Fsp3) is 0.722. The van der Waals surface area contributed by atoms with Crippen molar-refractivity contribution in [3.05, 3.63) is 12.7 Å². The molecule has 2 aromatic heterocycles. The van der Waals surface area contributed by atoms with Crippen molar-refractivity contribution in [3.63, 3.8) is 0 Å². The third kappa shape index (κ3) is 3.82. The van der Waals surface area contributed by atoms with E-state index in [0.29, 0.717) is 17.0 Å². The Balaban J connectivity index is 1.96. The zero-order valence-electron chi connectivity index (χ0n) is 16.3. The van der Waals surface area contributed by atoms with E-state index in [9.17, 15) is 5.11 Å². The molecule has 3 N–H and O–H groups in total. The first-order valence-electron chi connectivity index (χ1n) is 8.91. The third-order valence-corrected chi connectivity index (χ3v) is 4.27. The number of hydrogen-bond acceptors (Lipinski definition) is 7. The van der Waals surface area contributed by atoms with E-state index in [4.69, 9.17) is 15.2 Å². The highest BCUT2D eigenvalue weighted by Crippen LogP contribution is 2.39. The fourth-order valence-electron chi connectivity index (χ4n) is 3.33. The molecule has 3 heterocycles. The average molecular weight is 363 g/mol. The zero-order valence-corrected chi connectivity index (χ0v) is 16.3. The highest BCUT2D eigenvalue weighted by Gasteiger charge is 2.48. The Labute approximate surface area is 153 Å². The molecule has 0 bridgehead atoms. The number of hydrogen-bond donors (Lipinski definition) is 2. The lowest BCUT2D eigenvalue weighted by atomic mass is 9.87. The van der Waals surface area contributed by atoms with E-state index in [0.717, 1.165) is 6.42 Å². The lowest BCUT2D eigenvalue weighted by Crippen LogP contribution is -2.41. The van der Waals surface area contributed by atoms with Gasteiger partial charge in [-0.3, -0.25) is 4.57 Å². The van der Waals surface area contributed by atoms with Crippen molar-refractivity contribution in [2.75, 3.05) is 5.73 Å². The highest BCUT2D eigenvalue weighted by molar-refractivity contribution is 5.81. The van der Waals surface area contributed by atoms with Crippen LogP contribution in [0.15, 0.2) is 12.7 Å². The Morgan fingerprint density at radius 1 is 1.19 bits per heavy atom. The van der Waals surface area contributed by atoms with Crippen molar-refractivity contribution in [1.82, 2.24) is 19.5 Å². The standard InChI is InChI=1S/C18H29N5O3/c1-17(2,3)7-10-13(26-18(4,5)6)12(24)16(25-10)23-9-22-11-14(19)20-8-21-15(11)23/h8-10,12-13,16,24H,7H2,1-6H3,(H2,19,20,21)/t10-,12?,13?,16-/m1/s1. The first-order valence-corrected chi connectivity index (χ1v) is 8.91. The van der Waals surface area contributed by atoms with Crippen LogP contribution in [-0.4, -0.2) is 48.5 Å². The van der Waals surface area contributed by atoms with Gasteiger partial charge in [0, 0.05) is 0 Å². The van der Waals surface area contributed by atoms with Gasteiger partial charge in [-0.05, 0) is 32.6 Å². The lowest BCUT2D eigenvalue weighted by molar-refractivity contribution is -0.117. The van der Waals surface area contributed by atoms with Crippen LogP contribution in [0.1, 0.15) is 54.2 Å². The number of rotatable bonds is 3. The topological polar surface area (TPSA) is 108 Å². The molecule has 0 radical (unpaired) electrons. The number of anilines is 1. The summed E-state index contributed by atoms with van der Waals surface area (Å²) in [5.41, 5.74) is 6.53. The molecule has 1 saturated heterocycles. The molecule has 8 nitrogen and oxygen atoms in total. The predicted molar refractivity (Wildman–Crippen MR) is 98.4 cm³/mol. The Hall–Kier alpha value is -1.77. The zero-order chi connectivity index (χ0) is 19.3. The van der Waals surface area contributed by atoms with E-state index in [1.54, 1.807) is 10.9 Å². The summed E-state index contributed by atoms with van der Waals surface area (Å²) in [5.74, 6) is 0.301. The number of fused-ring (bicyclic) bond motifs is 1. The molecule has 1 fully saturated rings. The van der Waals surface area contributed by atoms with Gasteiger partial charge in [0.2, 0.25) is 0 Å². The molecule has 2 unspecified atom stereocenters. The molecule has 0 aromatic carbocycles. The summed E-state index contributed by atoms with van der Waals surface area (Å²) < 4.78 is 14.1. The Bertz CT molecular complexity index is 777. The van der Waals surface area contributed by atoms with Crippen molar-refractivity contribution >= 4 is 17.0 Å². The molecule has 1 aliphatic rings. The molecule has 0 spiro atoms. The fourth-order valence-corrected chi connectivity index (χ4v) is 3.33. The second-order valence-electron chi connectivity index (χ2n) is 9.10. The van der Waals surface area contributed by atoms with E-state index < -0.39 is 24.0 Å². The summed E-state index contributed by atoms with van der Waals surface area (Å²) >= 11 is 0. The van der Waals surface area contributed by atoms with Gasteiger partial charge in [0.15, 0.2) is 17.7 Å². The molecule has 0 amide bonds. The van der Waals surface area contributed by atoms with Gasteiger partial charge in [0.05, 0.1) is 18.0 Å². The lowest BCUT2D eigenvalue weighted by Gasteiger charge is -2.32. The molecule has 26 heavy (non-hydrogen) atoms. The van der Waals surface area contributed by atoms with E-state index in [1.165, 1.54) is 6.33 Å². The van der Waals surface area contributed by atoms with Gasteiger partial charge in [-0.25, -0.2) is 15.0 Å². The van der Waals surface area contributed by atoms with Crippen LogP contribution in [0.2, 0.25) is 0 Å². The first kappa shape index (κ1) is 19.0. The van der Waals surface area contributed by atoms with Crippen LogP contribution in [0.5, 0.6) is 0 Å².